The Morgan fingerprint density at radius 3 is 2.81 bits per heavy atom. The largest absolute Gasteiger partial charge is 0.451 e. The van der Waals surface area contributed by atoms with Gasteiger partial charge in [0.05, 0.1) is 11.4 Å². The van der Waals surface area contributed by atoms with Gasteiger partial charge in [-0.25, -0.2) is 0 Å². The molecule has 0 bridgehead atoms. The highest BCUT2D eigenvalue weighted by atomic mass is 79.9. The van der Waals surface area contributed by atoms with Gasteiger partial charge in [-0.1, -0.05) is 22.0 Å². The average molecular weight is 447 g/mol. The summed E-state index contributed by atoms with van der Waals surface area (Å²) < 4.78 is 6.47. The van der Waals surface area contributed by atoms with Crippen LogP contribution in [0.25, 0.3) is 11.0 Å². The summed E-state index contributed by atoms with van der Waals surface area (Å²) in [6.45, 7) is 2.56. The molecule has 1 saturated heterocycles. The van der Waals surface area contributed by atoms with Crippen molar-refractivity contribution in [1.82, 2.24) is 10.2 Å². The normalized spacial score (nSPS) is 15.9. The van der Waals surface area contributed by atoms with Gasteiger partial charge in [-0.2, -0.15) is 0 Å². The molecule has 0 aliphatic carbocycles. The number of carbonyl (C=O) groups is 1. The van der Waals surface area contributed by atoms with E-state index >= 15 is 0 Å². The van der Waals surface area contributed by atoms with Gasteiger partial charge in [-0.15, -0.1) is 11.3 Å². The molecule has 1 fully saturated rings. The predicted molar refractivity (Wildman–Crippen MR) is 110 cm³/mol. The van der Waals surface area contributed by atoms with E-state index in [0.717, 1.165) is 17.6 Å². The van der Waals surface area contributed by atoms with Crippen LogP contribution in [-0.4, -0.2) is 30.4 Å². The number of hydrogen-bond donors (Lipinski definition) is 1. The highest BCUT2D eigenvalue weighted by Crippen LogP contribution is 2.28. The number of fused-ring (bicyclic) bond motifs is 1. The van der Waals surface area contributed by atoms with Gasteiger partial charge in [0.25, 0.3) is 5.91 Å². The van der Waals surface area contributed by atoms with Gasteiger partial charge >= 0.3 is 0 Å². The van der Waals surface area contributed by atoms with Gasteiger partial charge in [0, 0.05) is 22.0 Å². The summed E-state index contributed by atoms with van der Waals surface area (Å²) in [6, 6.07) is 10.7. The zero-order valence-corrected chi connectivity index (χ0v) is 17.0. The number of rotatable bonds is 5. The zero-order chi connectivity index (χ0) is 18.8. The van der Waals surface area contributed by atoms with Gasteiger partial charge in [0.2, 0.25) is 0 Å². The van der Waals surface area contributed by atoms with E-state index in [1.54, 1.807) is 29.5 Å². The molecule has 5 nitrogen and oxygen atoms in total. The Bertz CT molecular complexity index is 1010. The highest BCUT2D eigenvalue weighted by molar-refractivity contribution is 9.10. The molecule has 1 N–H and O–H groups in total. The Hall–Kier alpha value is -1.96. The maximum absolute atomic E-state index is 12.6. The van der Waals surface area contributed by atoms with Crippen molar-refractivity contribution >= 4 is 44.1 Å². The summed E-state index contributed by atoms with van der Waals surface area (Å²) in [5.74, 6) is -0.327. The van der Waals surface area contributed by atoms with Crippen LogP contribution in [0.15, 0.2) is 55.5 Å². The molecular weight excluding hydrogens is 428 g/mol. The maximum Gasteiger partial charge on any atom is 0.287 e. The quantitative estimate of drug-likeness (QED) is 0.638. The molecule has 4 rings (SSSR count). The van der Waals surface area contributed by atoms with Crippen LogP contribution in [0.2, 0.25) is 0 Å². The standard InChI is InChI=1S/C20H19BrN2O3S/c21-13-5-6-14-16(24)11-18(26-17(14)10-13)20(25)22-12-15(19-4-3-9-27-19)23-7-1-2-8-23/h3-6,9-11,15H,1-2,7-8,12H2,(H,22,25)/t15-/m1/s1. The summed E-state index contributed by atoms with van der Waals surface area (Å²) in [5.41, 5.74) is 0.180. The molecule has 140 valence electrons. The monoisotopic (exact) mass is 446 g/mol. The number of carbonyl (C=O) groups excluding carboxylic acids is 1. The Kier molecular flexibility index (Phi) is 5.43. The first-order valence-corrected chi connectivity index (χ1v) is 10.6. The van der Waals surface area contributed by atoms with Crippen molar-refractivity contribution in [3.8, 4) is 0 Å². The smallest absolute Gasteiger partial charge is 0.287 e. The molecule has 3 aromatic rings. The second-order valence-corrected chi connectivity index (χ2v) is 8.49. The van der Waals surface area contributed by atoms with Crippen LogP contribution in [0.3, 0.4) is 0 Å². The average Bonchev–Trinajstić information content (AvgIpc) is 3.35. The van der Waals surface area contributed by atoms with Crippen LogP contribution in [-0.2, 0) is 0 Å². The summed E-state index contributed by atoms with van der Waals surface area (Å²) >= 11 is 5.06. The fourth-order valence-corrected chi connectivity index (χ4v) is 4.66. The van der Waals surface area contributed by atoms with E-state index < -0.39 is 0 Å². The third-order valence-corrected chi connectivity index (χ3v) is 6.29. The molecule has 0 unspecified atom stereocenters. The molecule has 3 heterocycles. The Morgan fingerprint density at radius 1 is 1.26 bits per heavy atom. The molecular formula is C20H19BrN2O3S. The second-order valence-electron chi connectivity index (χ2n) is 6.60. The van der Waals surface area contributed by atoms with Crippen LogP contribution in [0.1, 0.15) is 34.3 Å². The third kappa shape index (κ3) is 4.00. The fraction of sp³-hybridized carbons (Fsp3) is 0.300. The Balaban J connectivity index is 1.54. The van der Waals surface area contributed by atoms with Crippen molar-refractivity contribution in [2.45, 2.75) is 18.9 Å². The van der Waals surface area contributed by atoms with E-state index in [4.69, 9.17) is 4.42 Å². The number of likely N-dealkylation sites (tertiary alicyclic amines) is 1. The van der Waals surface area contributed by atoms with E-state index in [1.807, 2.05) is 6.07 Å². The summed E-state index contributed by atoms with van der Waals surface area (Å²) in [4.78, 5) is 28.6. The van der Waals surface area contributed by atoms with Crippen LogP contribution in [0.5, 0.6) is 0 Å². The van der Waals surface area contributed by atoms with Crippen LogP contribution in [0.4, 0.5) is 0 Å². The molecule has 1 aliphatic heterocycles. The molecule has 1 amide bonds. The zero-order valence-electron chi connectivity index (χ0n) is 14.6. The van der Waals surface area contributed by atoms with Crippen molar-refractivity contribution in [3.63, 3.8) is 0 Å². The molecule has 0 spiro atoms. The first kappa shape index (κ1) is 18.4. The summed E-state index contributed by atoms with van der Waals surface area (Å²) in [6.07, 6.45) is 2.37. The first-order chi connectivity index (χ1) is 13.1. The molecule has 27 heavy (non-hydrogen) atoms. The molecule has 0 saturated carbocycles. The number of hydrogen-bond acceptors (Lipinski definition) is 5. The topological polar surface area (TPSA) is 62.6 Å². The molecule has 7 heteroatoms. The molecule has 2 aromatic heterocycles. The van der Waals surface area contributed by atoms with Crippen molar-refractivity contribution in [2.75, 3.05) is 19.6 Å². The van der Waals surface area contributed by atoms with E-state index in [-0.39, 0.29) is 23.1 Å². The second kappa shape index (κ2) is 7.96. The number of benzene rings is 1. The lowest BCUT2D eigenvalue weighted by molar-refractivity contribution is 0.0911. The lowest BCUT2D eigenvalue weighted by Crippen LogP contribution is -2.36. The van der Waals surface area contributed by atoms with Crippen molar-refractivity contribution in [2.24, 2.45) is 0 Å². The van der Waals surface area contributed by atoms with E-state index in [2.05, 4.69) is 37.6 Å². The molecule has 1 aliphatic rings. The number of thiophene rings is 1. The summed E-state index contributed by atoms with van der Waals surface area (Å²) in [7, 11) is 0. The summed E-state index contributed by atoms with van der Waals surface area (Å²) in [5, 5.41) is 5.47. The van der Waals surface area contributed by atoms with Gasteiger partial charge in [0.15, 0.2) is 11.2 Å². The third-order valence-electron chi connectivity index (χ3n) is 4.82. The van der Waals surface area contributed by atoms with Crippen molar-refractivity contribution in [1.29, 1.82) is 0 Å². The van der Waals surface area contributed by atoms with Crippen LogP contribution >= 0.6 is 27.3 Å². The van der Waals surface area contributed by atoms with Gasteiger partial charge in [-0.05, 0) is 55.6 Å². The van der Waals surface area contributed by atoms with Crippen LogP contribution < -0.4 is 10.7 Å². The highest BCUT2D eigenvalue weighted by Gasteiger charge is 2.25. The van der Waals surface area contributed by atoms with Crippen molar-refractivity contribution in [3.05, 3.63) is 67.1 Å². The number of amides is 1. The lowest BCUT2D eigenvalue weighted by atomic mass is 10.2. The number of nitrogens with one attached hydrogen (secondary N) is 1. The van der Waals surface area contributed by atoms with Crippen LogP contribution in [0, 0.1) is 0 Å². The number of nitrogens with zero attached hydrogens (tertiary/aromatic N) is 1. The SMILES string of the molecule is O=C(NC[C@H](c1cccs1)N1CCCC1)c1cc(=O)c2ccc(Br)cc2o1. The van der Waals surface area contributed by atoms with E-state index in [1.165, 1.54) is 23.8 Å². The number of halogens is 1. The maximum atomic E-state index is 12.6. The van der Waals surface area contributed by atoms with Gasteiger partial charge in [-0.3, -0.25) is 14.5 Å². The molecule has 0 radical (unpaired) electrons. The van der Waals surface area contributed by atoms with E-state index in [0.29, 0.717) is 17.5 Å². The fourth-order valence-electron chi connectivity index (χ4n) is 3.46. The minimum atomic E-state index is -0.366. The van der Waals surface area contributed by atoms with Crippen molar-refractivity contribution < 1.29 is 9.21 Å². The van der Waals surface area contributed by atoms with Gasteiger partial charge < -0.3 is 9.73 Å². The van der Waals surface area contributed by atoms with E-state index in [9.17, 15) is 9.59 Å². The lowest BCUT2D eigenvalue weighted by Gasteiger charge is -2.26. The minimum Gasteiger partial charge on any atom is -0.451 e. The predicted octanol–water partition coefficient (Wildman–Crippen LogP) is 4.18. The Labute approximate surface area is 169 Å². The van der Waals surface area contributed by atoms with Gasteiger partial charge in [0.1, 0.15) is 5.58 Å². The first-order valence-electron chi connectivity index (χ1n) is 8.91. The molecule has 1 atom stereocenters. The minimum absolute atomic E-state index is 0.0388. The molecule has 1 aromatic carbocycles. The Morgan fingerprint density at radius 2 is 2.07 bits per heavy atom.